The quantitative estimate of drug-likeness (QED) is 0.663. The van der Waals surface area contributed by atoms with Crippen molar-refractivity contribution in [2.45, 2.75) is 32.0 Å². The van der Waals surface area contributed by atoms with E-state index in [0.29, 0.717) is 19.1 Å². The Morgan fingerprint density at radius 1 is 1.21 bits per heavy atom. The Labute approximate surface area is 136 Å². The van der Waals surface area contributed by atoms with E-state index >= 15 is 0 Å². The zero-order chi connectivity index (χ0) is 18.2. The Bertz CT molecular complexity index is 574. The molecule has 0 saturated heterocycles. The number of benzene rings is 1. The smallest absolute Gasteiger partial charge is 0.345 e. The highest BCUT2D eigenvalue weighted by atomic mass is 19.4. The third-order valence-corrected chi connectivity index (χ3v) is 2.99. The Morgan fingerprint density at radius 3 is 2.33 bits per heavy atom. The first-order chi connectivity index (χ1) is 11.3. The lowest BCUT2D eigenvalue weighted by molar-refractivity contribution is -0.137. The van der Waals surface area contributed by atoms with Crippen LogP contribution in [0.1, 0.15) is 25.3 Å². The Hall–Kier alpha value is -2.58. The highest BCUT2D eigenvalue weighted by Gasteiger charge is 2.29. The molecule has 1 aromatic rings. The maximum atomic E-state index is 12.4. The van der Waals surface area contributed by atoms with E-state index in [0.717, 1.165) is 24.3 Å². The highest BCUT2D eigenvalue weighted by molar-refractivity contribution is 5.92. The lowest BCUT2D eigenvalue weighted by Crippen LogP contribution is -2.43. The third-order valence-electron chi connectivity index (χ3n) is 2.99. The van der Waals surface area contributed by atoms with Gasteiger partial charge in [-0.1, -0.05) is 13.3 Å². The standard InChI is InChI=1S/C15H18F3N3O3/c1-2-3-12(9-22)20-13(23)8-19-14(24)21-11-6-4-10(5-7-11)15(16,17)18/h4-7,9,12H,2-3,8H2,1H3,(H,20,23)(H2,19,21,24). The summed E-state index contributed by atoms with van der Waals surface area (Å²) in [5.41, 5.74) is -0.679. The molecule has 1 rings (SSSR count). The van der Waals surface area contributed by atoms with Crippen LogP contribution in [0.3, 0.4) is 0 Å². The van der Waals surface area contributed by atoms with E-state index in [4.69, 9.17) is 0 Å². The van der Waals surface area contributed by atoms with Crippen LogP contribution >= 0.6 is 0 Å². The SMILES string of the molecule is CCCC(C=O)NC(=O)CNC(=O)Nc1ccc(C(F)(F)F)cc1. The van der Waals surface area contributed by atoms with E-state index in [1.54, 1.807) is 0 Å². The maximum absolute atomic E-state index is 12.4. The van der Waals surface area contributed by atoms with E-state index < -0.39 is 29.7 Å². The summed E-state index contributed by atoms with van der Waals surface area (Å²) in [7, 11) is 0. The summed E-state index contributed by atoms with van der Waals surface area (Å²) in [6.07, 6.45) is -2.63. The van der Waals surface area contributed by atoms with Gasteiger partial charge >= 0.3 is 12.2 Å². The van der Waals surface area contributed by atoms with Crippen molar-refractivity contribution in [1.29, 1.82) is 0 Å². The minimum atomic E-state index is -4.45. The number of hydrogen-bond donors (Lipinski definition) is 3. The van der Waals surface area contributed by atoms with Gasteiger partial charge in [0.25, 0.3) is 0 Å². The van der Waals surface area contributed by atoms with Crippen LogP contribution in [0.2, 0.25) is 0 Å². The molecule has 3 amide bonds. The van der Waals surface area contributed by atoms with Crippen LogP contribution in [0.5, 0.6) is 0 Å². The second-order valence-electron chi connectivity index (χ2n) is 4.98. The summed E-state index contributed by atoms with van der Waals surface area (Å²) in [6, 6.07) is 2.52. The number of rotatable bonds is 7. The van der Waals surface area contributed by atoms with Crippen molar-refractivity contribution in [3.63, 3.8) is 0 Å². The summed E-state index contributed by atoms with van der Waals surface area (Å²) < 4.78 is 37.2. The first-order valence-corrected chi connectivity index (χ1v) is 7.23. The molecule has 0 bridgehead atoms. The van der Waals surface area contributed by atoms with Crippen molar-refractivity contribution in [2.75, 3.05) is 11.9 Å². The third kappa shape index (κ3) is 6.67. The molecule has 1 unspecified atom stereocenters. The highest BCUT2D eigenvalue weighted by Crippen LogP contribution is 2.29. The Morgan fingerprint density at radius 2 is 1.83 bits per heavy atom. The first kappa shape index (κ1) is 19.5. The predicted molar refractivity (Wildman–Crippen MR) is 81.4 cm³/mol. The van der Waals surface area contributed by atoms with Crippen molar-refractivity contribution in [3.8, 4) is 0 Å². The number of hydrogen-bond acceptors (Lipinski definition) is 3. The minimum Gasteiger partial charge on any atom is -0.345 e. The summed E-state index contributed by atoms with van der Waals surface area (Å²) in [6.45, 7) is 1.50. The van der Waals surface area contributed by atoms with Gasteiger partial charge in [-0.15, -0.1) is 0 Å². The van der Waals surface area contributed by atoms with Crippen LogP contribution in [0.25, 0.3) is 0 Å². The molecule has 6 nitrogen and oxygen atoms in total. The monoisotopic (exact) mass is 345 g/mol. The number of nitrogens with one attached hydrogen (secondary N) is 3. The van der Waals surface area contributed by atoms with Crippen molar-refractivity contribution in [3.05, 3.63) is 29.8 Å². The van der Waals surface area contributed by atoms with Crippen LogP contribution in [-0.4, -0.2) is 30.8 Å². The molecule has 0 heterocycles. The Balaban J connectivity index is 2.43. The van der Waals surface area contributed by atoms with Gasteiger partial charge in [-0.2, -0.15) is 13.2 Å². The van der Waals surface area contributed by atoms with Crippen molar-refractivity contribution in [2.24, 2.45) is 0 Å². The number of urea groups is 1. The minimum absolute atomic E-state index is 0.151. The second kappa shape index (κ2) is 8.90. The van der Waals surface area contributed by atoms with E-state index in [9.17, 15) is 27.6 Å². The summed E-state index contributed by atoms with van der Waals surface area (Å²) in [5.74, 6) is -0.539. The van der Waals surface area contributed by atoms with E-state index in [1.807, 2.05) is 6.92 Å². The van der Waals surface area contributed by atoms with Gasteiger partial charge in [0.15, 0.2) is 0 Å². The van der Waals surface area contributed by atoms with E-state index in [2.05, 4.69) is 16.0 Å². The van der Waals surface area contributed by atoms with Crippen molar-refractivity contribution >= 4 is 23.9 Å². The van der Waals surface area contributed by atoms with Gasteiger partial charge in [0.2, 0.25) is 5.91 Å². The number of halogens is 3. The van der Waals surface area contributed by atoms with Crippen LogP contribution in [0.4, 0.5) is 23.7 Å². The molecule has 0 saturated carbocycles. The average molecular weight is 345 g/mol. The maximum Gasteiger partial charge on any atom is 0.416 e. The molecule has 0 aliphatic rings. The molecular formula is C15H18F3N3O3. The molecule has 1 aromatic carbocycles. The number of carbonyl (C=O) groups excluding carboxylic acids is 3. The largest absolute Gasteiger partial charge is 0.416 e. The lowest BCUT2D eigenvalue weighted by atomic mass is 10.2. The van der Waals surface area contributed by atoms with Gasteiger partial charge in [-0.25, -0.2) is 4.79 Å². The zero-order valence-corrected chi connectivity index (χ0v) is 12.9. The average Bonchev–Trinajstić information content (AvgIpc) is 2.52. The number of anilines is 1. The molecule has 0 aliphatic heterocycles. The Kier molecular flexibility index (Phi) is 7.22. The lowest BCUT2D eigenvalue weighted by Gasteiger charge is -2.12. The number of aldehydes is 1. The normalized spacial score (nSPS) is 12.2. The van der Waals surface area contributed by atoms with Crippen LogP contribution in [-0.2, 0) is 15.8 Å². The molecule has 0 fully saturated rings. The number of amides is 3. The van der Waals surface area contributed by atoms with Crippen LogP contribution < -0.4 is 16.0 Å². The van der Waals surface area contributed by atoms with E-state index in [-0.39, 0.29) is 12.2 Å². The van der Waals surface area contributed by atoms with Crippen LogP contribution in [0.15, 0.2) is 24.3 Å². The fourth-order valence-corrected chi connectivity index (χ4v) is 1.82. The molecule has 3 N–H and O–H groups in total. The van der Waals surface area contributed by atoms with Gasteiger partial charge < -0.3 is 20.7 Å². The molecule has 132 valence electrons. The van der Waals surface area contributed by atoms with Gasteiger partial charge in [0.1, 0.15) is 6.29 Å². The van der Waals surface area contributed by atoms with Gasteiger partial charge in [-0.3, -0.25) is 4.79 Å². The van der Waals surface area contributed by atoms with Gasteiger partial charge in [0, 0.05) is 5.69 Å². The molecule has 0 radical (unpaired) electrons. The van der Waals surface area contributed by atoms with Crippen molar-refractivity contribution < 1.29 is 27.6 Å². The molecule has 9 heteroatoms. The van der Waals surface area contributed by atoms with E-state index in [1.165, 1.54) is 0 Å². The molecule has 24 heavy (non-hydrogen) atoms. The van der Waals surface area contributed by atoms with Gasteiger partial charge in [0.05, 0.1) is 18.2 Å². The fourth-order valence-electron chi connectivity index (χ4n) is 1.82. The number of alkyl halides is 3. The van der Waals surface area contributed by atoms with Crippen LogP contribution in [0, 0.1) is 0 Å². The van der Waals surface area contributed by atoms with Crippen molar-refractivity contribution in [1.82, 2.24) is 10.6 Å². The molecule has 0 aliphatic carbocycles. The zero-order valence-electron chi connectivity index (χ0n) is 12.9. The van der Waals surface area contributed by atoms with Gasteiger partial charge in [-0.05, 0) is 30.7 Å². The summed E-state index contributed by atoms with van der Waals surface area (Å²) in [5, 5.41) is 6.98. The number of carbonyl (C=O) groups is 3. The predicted octanol–water partition coefficient (Wildman–Crippen LogP) is 2.31. The molecule has 0 aromatic heterocycles. The fraction of sp³-hybridized carbons (Fsp3) is 0.400. The molecule has 0 spiro atoms. The first-order valence-electron chi connectivity index (χ1n) is 7.23. The molecular weight excluding hydrogens is 327 g/mol. The molecule has 1 atom stereocenters. The topological polar surface area (TPSA) is 87.3 Å². The summed E-state index contributed by atoms with van der Waals surface area (Å²) >= 11 is 0. The second-order valence-corrected chi connectivity index (χ2v) is 4.98. The summed E-state index contributed by atoms with van der Waals surface area (Å²) in [4.78, 5) is 33.9.